The third-order valence-electron chi connectivity index (χ3n) is 3.77. The quantitative estimate of drug-likeness (QED) is 0.871. The number of hydrogen-bond donors (Lipinski definition) is 1. The maximum Gasteiger partial charge on any atom is 0.214 e. The molecule has 0 atom stereocenters. The number of rotatable bonds is 3. The number of nitrogens with zero attached hydrogens (tertiary/aromatic N) is 1. The Morgan fingerprint density at radius 1 is 1.30 bits per heavy atom. The summed E-state index contributed by atoms with van der Waals surface area (Å²) in [5.74, 6) is 0.216. The molecule has 4 nitrogen and oxygen atoms in total. The largest absolute Gasteiger partial charge is 0.398 e. The lowest BCUT2D eigenvalue weighted by Crippen LogP contribution is -2.38. The molecule has 0 radical (unpaired) electrons. The summed E-state index contributed by atoms with van der Waals surface area (Å²) in [5.41, 5.74) is 8.89. The molecule has 112 valence electrons. The Hall–Kier alpha value is -1.07. The van der Waals surface area contributed by atoms with Crippen LogP contribution in [0.2, 0.25) is 0 Å². The molecule has 0 spiro atoms. The third kappa shape index (κ3) is 3.52. The highest BCUT2D eigenvalue weighted by Gasteiger charge is 2.28. The molecule has 0 fully saturated rings. The van der Waals surface area contributed by atoms with E-state index in [1.165, 1.54) is 0 Å². The van der Waals surface area contributed by atoms with E-state index in [9.17, 15) is 8.42 Å². The predicted octanol–water partition coefficient (Wildman–Crippen LogP) is 2.39. The first-order chi connectivity index (χ1) is 9.19. The van der Waals surface area contributed by atoms with Crippen molar-refractivity contribution in [1.82, 2.24) is 4.31 Å². The van der Waals surface area contributed by atoms with Crippen molar-refractivity contribution in [2.24, 2.45) is 5.41 Å². The second-order valence-electron chi connectivity index (χ2n) is 6.70. The molecule has 5 heteroatoms. The van der Waals surface area contributed by atoms with Crippen molar-refractivity contribution in [3.05, 3.63) is 29.3 Å². The summed E-state index contributed by atoms with van der Waals surface area (Å²) in [6.07, 6.45) is 1.38. The minimum Gasteiger partial charge on any atom is -0.398 e. The first-order valence-electron chi connectivity index (χ1n) is 7.03. The number of sulfonamides is 1. The topological polar surface area (TPSA) is 63.4 Å². The molecule has 0 aromatic heterocycles. The van der Waals surface area contributed by atoms with Crippen molar-refractivity contribution >= 4 is 15.7 Å². The van der Waals surface area contributed by atoms with Gasteiger partial charge in [-0.25, -0.2) is 8.42 Å². The Kier molecular flexibility index (Phi) is 4.12. The highest BCUT2D eigenvalue weighted by molar-refractivity contribution is 7.89. The predicted molar refractivity (Wildman–Crippen MR) is 82.8 cm³/mol. The van der Waals surface area contributed by atoms with Crippen molar-refractivity contribution in [2.75, 3.05) is 18.0 Å². The summed E-state index contributed by atoms with van der Waals surface area (Å²) >= 11 is 0. The highest BCUT2D eigenvalue weighted by atomic mass is 32.2. The average Bonchev–Trinajstić information content (AvgIpc) is 2.36. The second-order valence-corrected chi connectivity index (χ2v) is 8.78. The molecule has 0 saturated carbocycles. The van der Waals surface area contributed by atoms with Gasteiger partial charge in [-0.1, -0.05) is 32.9 Å². The van der Waals surface area contributed by atoms with Crippen LogP contribution in [0.3, 0.4) is 0 Å². The molecule has 0 aliphatic carbocycles. The van der Waals surface area contributed by atoms with Crippen LogP contribution in [0, 0.1) is 5.41 Å². The van der Waals surface area contributed by atoms with Gasteiger partial charge in [0, 0.05) is 18.8 Å². The summed E-state index contributed by atoms with van der Waals surface area (Å²) in [5, 5.41) is 0. The van der Waals surface area contributed by atoms with Crippen LogP contribution >= 0.6 is 0 Å². The Bertz CT molecular complexity index is 588. The van der Waals surface area contributed by atoms with E-state index >= 15 is 0 Å². The molecule has 1 aromatic rings. The molecule has 2 rings (SSSR count). The first-order valence-corrected chi connectivity index (χ1v) is 8.64. The molecule has 2 N–H and O–H groups in total. The standard InChI is InChI=1S/C15H24N2O2S/c1-15(2,3)8-10-20(18,19)17-9-7-13-12(11-17)5-4-6-14(13)16/h4-6H,7-11,16H2,1-3H3. The lowest BCUT2D eigenvalue weighted by molar-refractivity contribution is 0.368. The molecule has 1 aliphatic heterocycles. The van der Waals surface area contributed by atoms with Crippen LogP contribution in [-0.4, -0.2) is 25.0 Å². The molecule has 0 bridgehead atoms. The highest BCUT2D eigenvalue weighted by Crippen LogP contribution is 2.27. The van der Waals surface area contributed by atoms with Crippen LogP contribution in [0.25, 0.3) is 0 Å². The van der Waals surface area contributed by atoms with E-state index in [0.29, 0.717) is 25.9 Å². The van der Waals surface area contributed by atoms with Gasteiger partial charge in [-0.15, -0.1) is 0 Å². The zero-order valence-electron chi connectivity index (χ0n) is 12.5. The number of nitrogens with two attached hydrogens (primary N) is 1. The van der Waals surface area contributed by atoms with Crippen molar-refractivity contribution < 1.29 is 8.42 Å². The summed E-state index contributed by atoms with van der Waals surface area (Å²) < 4.78 is 26.4. The summed E-state index contributed by atoms with van der Waals surface area (Å²) in [7, 11) is -3.18. The molecule has 0 unspecified atom stereocenters. The van der Waals surface area contributed by atoms with Crippen molar-refractivity contribution in [2.45, 2.75) is 40.2 Å². The van der Waals surface area contributed by atoms with Crippen LogP contribution in [0.15, 0.2) is 18.2 Å². The lowest BCUT2D eigenvalue weighted by atomic mass is 9.94. The number of benzene rings is 1. The van der Waals surface area contributed by atoms with Gasteiger partial charge in [0.2, 0.25) is 10.0 Å². The Labute approximate surface area is 122 Å². The van der Waals surface area contributed by atoms with E-state index < -0.39 is 10.0 Å². The molecular weight excluding hydrogens is 272 g/mol. The average molecular weight is 296 g/mol. The van der Waals surface area contributed by atoms with Crippen molar-refractivity contribution in [3.63, 3.8) is 0 Å². The van der Waals surface area contributed by atoms with Gasteiger partial charge < -0.3 is 5.73 Å². The summed E-state index contributed by atoms with van der Waals surface area (Å²) in [6.45, 7) is 7.18. The van der Waals surface area contributed by atoms with Gasteiger partial charge in [-0.2, -0.15) is 4.31 Å². The molecular formula is C15H24N2O2S. The fraction of sp³-hybridized carbons (Fsp3) is 0.600. The van der Waals surface area contributed by atoms with E-state index in [-0.39, 0.29) is 11.2 Å². The van der Waals surface area contributed by atoms with Crippen LogP contribution in [0.5, 0.6) is 0 Å². The third-order valence-corrected chi connectivity index (χ3v) is 5.59. The van der Waals surface area contributed by atoms with Gasteiger partial charge in [0.1, 0.15) is 0 Å². The minimum absolute atomic E-state index is 0.0329. The zero-order valence-corrected chi connectivity index (χ0v) is 13.3. The Balaban J connectivity index is 2.12. The molecule has 0 saturated heterocycles. The number of fused-ring (bicyclic) bond motifs is 1. The monoisotopic (exact) mass is 296 g/mol. The van der Waals surface area contributed by atoms with E-state index in [0.717, 1.165) is 16.8 Å². The maximum absolute atomic E-state index is 12.4. The van der Waals surface area contributed by atoms with Crippen LogP contribution in [-0.2, 0) is 23.0 Å². The summed E-state index contributed by atoms with van der Waals surface area (Å²) in [4.78, 5) is 0. The lowest BCUT2D eigenvalue weighted by Gasteiger charge is -2.30. The molecule has 20 heavy (non-hydrogen) atoms. The summed E-state index contributed by atoms with van der Waals surface area (Å²) in [6, 6.07) is 5.74. The fourth-order valence-electron chi connectivity index (χ4n) is 2.41. The number of hydrogen-bond acceptors (Lipinski definition) is 3. The van der Waals surface area contributed by atoms with E-state index in [1.807, 2.05) is 18.2 Å². The number of anilines is 1. The smallest absolute Gasteiger partial charge is 0.214 e. The molecule has 1 aromatic carbocycles. The molecule has 1 heterocycles. The number of nitrogen functional groups attached to an aromatic ring is 1. The maximum atomic E-state index is 12.4. The van der Waals surface area contributed by atoms with Gasteiger partial charge in [-0.05, 0) is 35.4 Å². The van der Waals surface area contributed by atoms with E-state index in [4.69, 9.17) is 5.73 Å². The van der Waals surface area contributed by atoms with Gasteiger partial charge in [-0.3, -0.25) is 0 Å². The van der Waals surface area contributed by atoms with E-state index in [2.05, 4.69) is 20.8 Å². The second kappa shape index (κ2) is 5.37. The first kappa shape index (κ1) is 15.3. The van der Waals surface area contributed by atoms with Gasteiger partial charge in [0.05, 0.1) is 5.75 Å². The molecule has 1 aliphatic rings. The van der Waals surface area contributed by atoms with Crippen molar-refractivity contribution in [3.8, 4) is 0 Å². The van der Waals surface area contributed by atoms with Crippen LogP contribution in [0.4, 0.5) is 5.69 Å². The Morgan fingerprint density at radius 3 is 2.65 bits per heavy atom. The van der Waals surface area contributed by atoms with Gasteiger partial charge >= 0.3 is 0 Å². The van der Waals surface area contributed by atoms with Gasteiger partial charge in [0.15, 0.2) is 0 Å². The minimum atomic E-state index is -3.18. The van der Waals surface area contributed by atoms with Crippen LogP contribution in [0.1, 0.15) is 38.3 Å². The SMILES string of the molecule is CC(C)(C)CCS(=O)(=O)N1CCc2c(N)cccc2C1. The zero-order chi connectivity index (χ0) is 15.0. The van der Waals surface area contributed by atoms with Gasteiger partial charge in [0.25, 0.3) is 0 Å². The van der Waals surface area contributed by atoms with E-state index in [1.54, 1.807) is 4.31 Å². The van der Waals surface area contributed by atoms with Crippen LogP contribution < -0.4 is 5.73 Å². The van der Waals surface area contributed by atoms with Crippen molar-refractivity contribution in [1.29, 1.82) is 0 Å². The normalized spacial score (nSPS) is 16.9. The Morgan fingerprint density at radius 2 is 2.00 bits per heavy atom. The molecule has 0 amide bonds. The fourth-order valence-corrected chi connectivity index (χ4v) is 4.25.